The summed E-state index contributed by atoms with van der Waals surface area (Å²) >= 11 is 0. The van der Waals surface area contributed by atoms with Gasteiger partial charge in [-0.25, -0.2) is 0 Å². The minimum Gasteiger partial charge on any atom is -0.394 e. The summed E-state index contributed by atoms with van der Waals surface area (Å²) in [6, 6.07) is 0. The van der Waals surface area contributed by atoms with Crippen LogP contribution in [0.15, 0.2) is 0 Å². The molecule has 66 heavy (non-hydrogen) atoms. The van der Waals surface area contributed by atoms with Crippen molar-refractivity contribution in [2.45, 2.75) is 228 Å². The third-order valence-electron chi connectivity index (χ3n) is 19.9. The van der Waals surface area contributed by atoms with E-state index in [9.17, 15) is 61.3 Å². The summed E-state index contributed by atoms with van der Waals surface area (Å²) in [5, 5.41) is 129. The maximum absolute atomic E-state index is 12.5. The summed E-state index contributed by atoms with van der Waals surface area (Å²) in [6.07, 6.45) is -16.5. The SMILES string of the molecule is CC(C)(O[C@@H]1O[C@H](CO)[C@@H](O)[C@H](O)[C@H]1O)C1CCC(C)(C2[C@@H](O)C[C@@]3(C)C4C[C@H](O)C5C(C)(C)C(O[C@@H]6OC[C@@H](O)[C@H](O)[C@H]6O[C@@H]6O[C@H](CO)[C@@H](O)[C@H](O)[C@H]6O)CCC56CC46CC[C@]23C)O1. The number of hydrogen-bond acceptors (Lipinski definition) is 19. The van der Waals surface area contributed by atoms with Gasteiger partial charge >= 0.3 is 0 Å². The molecule has 9 rings (SSSR count). The molecule has 9 aliphatic rings. The van der Waals surface area contributed by atoms with E-state index < -0.39 is 140 Å². The molecule has 12 N–H and O–H groups in total. The monoisotopic (exact) mass is 947 g/mol. The van der Waals surface area contributed by atoms with E-state index in [2.05, 4.69) is 34.6 Å². The fraction of sp³-hybridized carbons (Fsp3) is 1.00. The first-order valence-corrected chi connectivity index (χ1v) is 24.4. The fourth-order valence-electron chi connectivity index (χ4n) is 16.4. The second-order valence-corrected chi connectivity index (χ2v) is 23.8. The molecule has 2 spiro atoms. The Balaban J connectivity index is 0.907. The highest BCUT2D eigenvalue weighted by atomic mass is 16.8. The first kappa shape index (κ1) is 50.2. The smallest absolute Gasteiger partial charge is 0.187 e. The highest BCUT2D eigenvalue weighted by Crippen LogP contribution is 2.89. The Morgan fingerprint density at radius 2 is 1.21 bits per heavy atom. The van der Waals surface area contributed by atoms with Gasteiger partial charge in [-0.15, -0.1) is 0 Å². The molecule has 0 aromatic carbocycles. The molecule has 4 aliphatic heterocycles. The van der Waals surface area contributed by atoms with Crippen LogP contribution in [0.2, 0.25) is 0 Å². The van der Waals surface area contributed by atoms with Crippen molar-refractivity contribution < 1.29 is 94.4 Å². The van der Waals surface area contributed by atoms with Gasteiger partial charge in [0.15, 0.2) is 18.9 Å². The number of aliphatic hydroxyl groups excluding tert-OH is 12. The largest absolute Gasteiger partial charge is 0.394 e. The van der Waals surface area contributed by atoms with Crippen LogP contribution >= 0.6 is 0 Å². The van der Waals surface area contributed by atoms with Crippen LogP contribution < -0.4 is 0 Å². The van der Waals surface area contributed by atoms with Crippen molar-refractivity contribution in [3.8, 4) is 0 Å². The quantitative estimate of drug-likeness (QED) is 0.112. The molecule has 5 aliphatic carbocycles. The van der Waals surface area contributed by atoms with Gasteiger partial charge in [-0.05, 0) is 117 Å². The summed E-state index contributed by atoms with van der Waals surface area (Å²) in [7, 11) is 0. The average molecular weight is 947 g/mol. The molecule has 0 aromatic heterocycles. The minimum atomic E-state index is -1.75. The van der Waals surface area contributed by atoms with Gasteiger partial charge < -0.3 is 94.4 Å². The number of hydrogen-bond donors (Lipinski definition) is 12. The Morgan fingerprint density at radius 1 is 0.591 bits per heavy atom. The van der Waals surface area contributed by atoms with Crippen molar-refractivity contribution in [1.82, 2.24) is 0 Å². The molecule has 380 valence electrons. The van der Waals surface area contributed by atoms with E-state index >= 15 is 0 Å². The van der Waals surface area contributed by atoms with Crippen LogP contribution in [0.3, 0.4) is 0 Å². The molecular weight excluding hydrogens is 868 g/mol. The van der Waals surface area contributed by atoms with Gasteiger partial charge in [-0.2, -0.15) is 0 Å². The van der Waals surface area contributed by atoms with Gasteiger partial charge in [0.25, 0.3) is 0 Å². The average Bonchev–Trinajstić information content (AvgIpc) is 3.61. The number of fused-ring (bicyclic) bond motifs is 2. The highest BCUT2D eigenvalue weighted by Gasteiger charge is 2.85. The fourth-order valence-corrected chi connectivity index (χ4v) is 16.4. The van der Waals surface area contributed by atoms with E-state index in [0.29, 0.717) is 32.1 Å². The van der Waals surface area contributed by atoms with E-state index in [0.717, 1.165) is 25.7 Å². The lowest BCUT2D eigenvalue weighted by atomic mass is 9.41. The van der Waals surface area contributed by atoms with E-state index in [-0.39, 0.29) is 46.0 Å². The predicted molar refractivity (Wildman–Crippen MR) is 226 cm³/mol. The van der Waals surface area contributed by atoms with Crippen LogP contribution in [0.25, 0.3) is 0 Å². The molecule has 0 bridgehead atoms. The Hall–Kier alpha value is -0.760. The van der Waals surface area contributed by atoms with Gasteiger partial charge in [-0.1, -0.05) is 27.7 Å². The molecule has 0 radical (unpaired) electrons. The lowest BCUT2D eigenvalue weighted by Crippen LogP contribution is -2.64. The number of ether oxygens (including phenoxy) is 7. The second-order valence-electron chi connectivity index (χ2n) is 23.8. The summed E-state index contributed by atoms with van der Waals surface area (Å²) in [5.74, 6) is -0.293. The Kier molecular flexibility index (Phi) is 12.9. The molecule has 0 aromatic rings. The zero-order chi connectivity index (χ0) is 48.1. The van der Waals surface area contributed by atoms with Gasteiger partial charge in [-0.3, -0.25) is 0 Å². The third-order valence-corrected chi connectivity index (χ3v) is 19.9. The summed E-state index contributed by atoms with van der Waals surface area (Å²) in [5.41, 5.74) is -3.37. The third kappa shape index (κ3) is 7.22. The Morgan fingerprint density at radius 3 is 1.85 bits per heavy atom. The van der Waals surface area contributed by atoms with Gasteiger partial charge in [0.1, 0.15) is 67.1 Å². The maximum atomic E-state index is 12.5. The molecule has 9 fully saturated rings. The van der Waals surface area contributed by atoms with Crippen molar-refractivity contribution in [2.24, 2.45) is 44.8 Å². The zero-order valence-corrected chi connectivity index (χ0v) is 39.3. The lowest BCUT2D eigenvalue weighted by molar-refractivity contribution is -0.366. The zero-order valence-electron chi connectivity index (χ0n) is 39.3. The summed E-state index contributed by atoms with van der Waals surface area (Å²) < 4.78 is 43.2. The highest BCUT2D eigenvalue weighted by molar-refractivity contribution is 5.33. The van der Waals surface area contributed by atoms with E-state index in [1.807, 2.05) is 13.8 Å². The Bertz CT molecular complexity index is 1770. The van der Waals surface area contributed by atoms with Crippen molar-refractivity contribution in [3.63, 3.8) is 0 Å². The number of rotatable bonds is 10. The van der Waals surface area contributed by atoms with Crippen molar-refractivity contribution in [2.75, 3.05) is 19.8 Å². The van der Waals surface area contributed by atoms with Gasteiger partial charge in [0.05, 0.1) is 55.4 Å². The molecular formula is C47H78O19. The normalized spacial score (nSPS) is 58.0. The Labute approximate surface area is 386 Å². The van der Waals surface area contributed by atoms with Crippen LogP contribution in [-0.2, 0) is 33.2 Å². The molecule has 4 saturated heterocycles. The molecule has 26 atom stereocenters. The van der Waals surface area contributed by atoms with Crippen LogP contribution in [0.4, 0.5) is 0 Å². The molecule has 0 amide bonds. The topological polar surface area (TPSA) is 307 Å². The predicted octanol–water partition coefficient (Wildman–Crippen LogP) is -1.45. The first-order chi connectivity index (χ1) is 30.8. The summed E-state index contributed by atoms with van der Waals surface area (Å²) in [4.78, 5) is 0. The van der Waals surface area contributed by atoms with Gasteiger partial charge in [0, 0.05) is 5.92 Å². The standard InChI is InChI=1S/C47H78O19/c1-41(2)26(63-40-35(28(53)22(52)18-60-40)64-38-33(58)31(56)29(54)23(16-48)61-38)9-11-47-19-46(47)13-12-43(5)37(21(51)15-44(43,6)25(46)14-20(50)36(41)47)45(7)10-8-27(65-45)42(3,4)66-39-34(59)32(57)30(55)24(17-49)62-39/h20-40,48-59H,8-19H2,1-7H3/t20-,21-,22+,23+,24+,25?,26?,27?,28-,29+,30+,31-,32-,33+,34+,35+,36?,37?,38-,39-,40-,43+,44-,45?,46?,47?/m0/s1. The van der Waals surface area contributed by atoms with E-state index in [1.165, 1.54) is 0 Å². The molecule has 19 nitrogen and oxygen atoms in total. The van der Waals surface area contributed by atoms with Crippen LogP contribution in [-0.4, -0.2) is 203 Å². The van der Waals surface area contributed by atoms with E-state index in [4.69, 9.17) is 33.2 Å². The van der Waals surface area contributed by atoms with Crippen molar-refractivity contribution >= 4 is 0 Å². The van der Waals surface area contributed by atoms with Crippen molar-refractivity contribution in [3.05, 3.63) is 0 Å². The van der Waals surface area contributed by atoms with Gasteiger partial charge in [0.2, 0.25) is 0 Å². The van der Waals surface area contributed by atoms with Crippen LogP contribution in [0.5, 0.6) is 0 Å². The second kappa shape index (κ2) is 16.9. The molecule has 19 heteroatoms. The maximum Gasteiger partial charge on any atom is 0.187 e. The summed E-state index contributed by atoms with van der Waals surface area (Å²) in [6.45, 7) is 13.0. The number of aliphatic hydroxyl groups is 12. The molecule has 8 unspecified atom stereocenters. The minimum absolute atomic E-state index is 0.0698. The molecule has 4 heterocycles. The van der Waals surface area contributed by atoms with E-state index in [1.54, 1.807) is 0 Å². The van der Waals surface area contributed by atoms with Crippen LogP contribution in [0.1, 0.15) is 106 Å². The lowest BCUT2D eigenvalue weighted by Gasteiger charge is -2.64. The molecule has 5 saturated carbocycles. The first-order valence-electron chi connectivity index (χ1n) is 24.4. The van der Waals surface area contributed by atoms with Crippen molar-refractivity contribution in [1.29, 1.82) is 0 Å². The van der Waals surface area contributed by atoms with Crippen LogP contribution in [0, 0.1) is 44.8 Å².